The Morgan fingerprint density at radius 2 is 2.35 bits per heavy atom. The number of nitrogens with zero attached hydrogens (tertiary/aromatic N) is 2. The van der Waals surface area contributed by atoms with Crippen molar-refractivity contribution in [1.29, 1.82) is 0 Å². The standard InChI is InChI=1S/C14H25N3/c1-4-8-17-11-13(10-16-17)14(9-12(2)3)6-5-7-15-14/h10-12,15H,4-9H2,1-3H3. The molecule has 1 aromatic rings. The summed E-state index contributed by atoms with van der Waals surface area (Å²) in [6, 6.07) is 0. The third-order valence-electron chi connectivity index (χ3n) is 3.64. The molecular weight excluding hydrogens is 210 g/mol. The Morgan fingerprint density at radius 3 is 2.94 bits per heavy atom. The SMILES string of the molecule is CCCn1cc(C2(CC(C)C)CCCN2)cn1. The van der Waals surface area contributed by atoms with Crippen molar-refractivity contribution in [2.45, 2.75) is 58.5 Å². The van der Waals surface area contributed by atoms with Gasteiger partial charge in [-0.2, -0.15) is 5.10 Å². The van der Waals surface area contributed by atoms with Crippen LogP contribution in [0.4, 0.5) is 0 Å². The lowest BCUT2D eigenvalue weighted by Gasteiger charge is -2.30. The van der Waals surface area contributed by atoms with Crippen molar-refractivity contribution in [3.05, 3.63) is 18.0 Å². The van der Waals surface area contributed by atoms with Crippen molar-refractivity contribution < 1.29 is 0 Å². The highest BCUT2D eigenvalue weighted by Gasteiger charge is 2.36. The van der Waals surface area contributed by atoms with Gasteiger partial charge in [-0.25, -0.2) is 0 Å². The van der Waals surface area contributed by atoms with E-state index < -0.39 is 0 Å². The van der Waals surface area contributed by atoms with Crippen LogP contribution in [0.25, 0.3) is 0 Å². The van der Waals surface area contributed by atoms with E-state index in [9.17, 15) is 0 Å². The third kappa shape index (κ3) is 2.71. The van der Waals surface area contributed by atoms with Crippen molar-refractivity contribution in [3.63, 3.8) is 0 Å². The average Bonchev–Trinajstić information content (AvgIpc) is 2.87. The molecule has 17 heavy (non-hydrogen) atoms. The van der Waals surface area contributed by atoms with Gasteiger partial charge in [0.05, 0.1) is 6.20 Å². The minimum atomic E-state index is 0.195. The van der Waals surface area contributed by atoms with E-state index in [1.54, 1.807) is 0 Å². The molecule has 1 saturated heterocycles. The van der Waals surface area contributed by atoms with Crippen molar-refractivity contribution in [2.75, 3.05) is 6.54 Å². The monoisotopic (exact) mass is 235 g/mol. The molecule has 2 rings (SSSR count). The lowest BCUT2D eigenvalue weighted by atomic mass is 9.83. The highest BCUT2D eigenvalue weighted by Crippen LogP contribution is 2.36. The van der Waals surface area contributed by atoms with E-state index in [2.05, 4.69) is 48.3 Å². The molecule has 3 heteroatoms. The summed E-state index contributed by atoms with van der Waals surface area (Å²) in [6.45, 7) is 8.97. The van der Waals surface area contributed by atoms with Gasteiger partial charge in [-0.3, -0.25) is 4.68 Å². The summed E-state index contributed by atoms with van der Waals surface area (Å²) < 4.78 is 2.08. The van der Waals surface area contributed by atoms with Crippen molar-refractivity contribution in [3.8, 4) is 0 Å². The largest absolute Gasteiger partial charge is 0.307 e. The van der Waals surface area contributed by atoms with Crippen LogP contribution in [0.2, 0.25) is 0 Å². The number of hydrogen-bond acceptors (Lipinski definition) is 2. The van der Waals surface area contributed by atoms with Crippen LogP contribution in [0, 0.1) is 5.92 Å². The number of rotatable bonds is 5. The number of aryl methyl sites for hydroxylation is 1. The van der Waals surface area contributed by atoms with Crippen LogP contribution in [0.15, 0.2) is 12.4 Å². The predicted molar refractivity (Wildman–Crippen MR) is 70.9 cm³/mol. The van der Waals surface area contributed by atoms with Gasteiger partial charge in [0.1, 0.15) is 0 Å². The minimum Gasteiger partial charge on any atom is -0.307 e. The summed E-state index contributed by atoms with van der Waals surface area (Å²) in [5.74, 6) is 0.718. The zero-order valence-electron chi connectivity index (χ0n) is 11.4. The van der Waals surface area contributed by atoms with E-state index in [1.807, 2.05) is 0 Å². The molecular formula is C14H25N3. The second-order valence-electron chi connectivity index (χ2n) is 5.70. The van der Waals surface area contributed by atoms with Crippen LogP contribution in [-0.2, 0) is 12.1 Å². The van der Waals surface area contributed by atoms with Crippen LogP contribution in [0.1, 0.15) is 52.0 Å². The molecule has 1 aromatic heterocycles. The fourth-order valence-electron chi connectivity index (χ4n) is 3.00. The van der Waals surface area contributed by atoms with Crippen LogP contribution in [0.3, 0.4) is 0 Å². The second kappa shape index (κ2) is 5.21. The zero-order valence-corrected chi connectivity index (χ0v) is 11.4. The van der Waals surface area contributed by atoms with Gasteiger partial charge in [0.2, 0.25) is 0 Å². The summed E-state index contributed by atoms with van der Waals surface area (Å²) in [6.07, 6.45) is 9.20. The minimum absolute atomic E-state index is 0.195. The van der Waals surface area contributed by atoms with Gasteiger partial charge < -0.3 is 5.32 Å². The van der Waals surface area contributed by atoms with Gasteiger partial charge in [-0.05, 0) is 38.1 Å². The highest BCUT2D eigenvalue weighted by molar-refractivity contribution is 5.20. The topological polar surface area (TPSA) is 29.9 Å². The summed E-state index contributed by atoms with van der Waals surface area (Å²) >= 11 is 0. The Labute approximate surface area is 105 Å². The molecule has 1 N–H and O–H groups in total. The predicted octanol–water partition coefficient (Wildman–Crippen LogP) is 2.92. The number of aromatic nitrogens is 2. The molecule has 1 unspecified atom stereocenters. The molecule has 0 saturated carbocycles. The summed E-state index contributed by atoms with van der Waals surface area (Å²) in [4.78, 5) is 0. The molecule has 0 aromatic carbocycles. The fourth-order valence-corrected chi connectivity index (χ4v) is 3.00. The van der Waals surface area contributed by atoms with Crippen LogP contribution < -0.4 is 5.32 Å². The Hall–Kier alpha value is -0.830. The summed E-state index contributed by atoms with van der Waals surface area (Å²) in [5.41, 5.74) is 1.58. The molecule has 1 atom stereocenters. The molecule has 1 fully saturated rings. The lowest BCUT2D eigenvalue weighted by Crippen LogP contribution is -2.37. The first-order valence-corrected chi connectivity index (χ1v) is 6.94. The van der Waals surface area contributed by atoms with E-state index in [0.29, 0.717) is 0 Å². The Morgan fingerprint density at radius 1 is 1.53 bits per heavy atom. The van der Waals surface area contributed by atoms with Gasteiger partial charge in [-0.1, -0.05) is 20.8 Å². The van der Waals surface area contributed by atoms with Gasteiger partial charge in [0, 0.05) is 23.8 Å². The Kier molecular flexibility index (Phi) is 3.87. The van der Waals surface area contributed by atoms with Crippen LogP contribution in [-0.4, -0.2) is 16.3 Å². The van der Waals surface area contributed by atoms with E-state index in [-0.39, 0.29) is 5.54 Å². The molecule has 3 nitrogen and oxygen atoms in total. The maximum absolute atomic E-state index is 4.48. The van der Waals surface area contributed by atoms with Crippen molar-refractivity contribution in [1.82, 2.24) is 15.1 Å². The third-order valence-corrected chi connectivity index (χ3v) is 3.64. The van der Waals surface area contributed by atoms with Gasteiger partial charge in [0.15, 0.2) is 0 Å². The quantitative estimate of drug-likeness (QED) is 0.850. The molecule has 0 amide bonds. The van der Waals surface area contributed by atoms with Crippen molar-refractivity contribution in [2.24, 2.45) is 5.92 Å². The Balaban J connectivity index is 2.19. The number of nitrogens with one attached hydrogen (secondary N) is 1. The molecule has 0 spiro atoms. The maximum atomic E-state index is 4.48. The molecule has 0 radical (unpaired) electrons. The van der Waals surface area contributed by atoms with E-state index in [0.717, 1.165) is 25.4 Å². The first-order chi connectivity index (χ1) is 8.16. The maximum Gasteiger partial charge on any atom is 0.0540 e. The second-order valence-corrected chi connectivity index (χ2v) is 5.70. The van der Waals surface area contributed by atoms with Gasteiger partial charge in [-0.15, -0.1) is 0 Å². The van der Waals surface area contributed by atoms with Crippen molar-refractivity contribution >= 4 is 0 Å². The molecule has 96 valence electrons. The van der Waals surface area contributed by atoms with Gasteiger partial charge >= 0.3 is 0 Å². The average molecular weight is 235 g/mol. The molecule has 2 heterocycles. The first kappa shape index (κ1) is 12.6. The first-order valence-electron chi connectivity index (χ1n) is 6.94. The Bertz CT molecular complexity index is 348. The smallest absolute Gasteiger partial charge is 0.0540 e. The summed E-state index contributed by atoms with van der Waals surface area (Å²) in [7, 11) is 0. The fraction of sp³-hybridized carbons (Fsp3) is 0.786. The van der Waals surface area contributed by atoms with E-state index in [4.69, 9.17) is 0 Å². The summed E-state index contributed by atoms with van der Waals surface area (Å²) in [5, 5.41) is 8.20. The van der Waals surface area contributed by atoms with Crippen LogP contribution in [0.5, 0.6) is 0 Å². The normalized spacial score (nSPS) is 24.7. The molecule has 0 bridgehead atoms. The van der Waals surface area contributed by atoms with Gasteiger partial charge in [0.25, 0.3) is 0 Å². The van der Waals surface area contributed by atoms with Crippen LogP contribution >= 0.6 is 0 Å². The molecule has 1 aliphatic heterocycles. The highest BCUT2D eigenvalue weighted by atomic mass is 15.3. The zero-order chi connectivity index (χ0) is 12.3. The molecule has 1 aliphatic rings. The van der Waals surface area contributed by atoms with E-state index >= 15 is 0 Å². The number of hydrogen-bond donors (Lipinski definition) is 1. The lowest BCUT2D eigenvalue weighted by molar-refractivity contribution is 0.310. The molecule has 0 aliphatic carbocycles. The van der Waals surface area contributed by atoms with E-state index in [1.165, 1.54) is 24.8 Å².